The van der Waals surface area contributed by atoms with Crippen molar-refractivity contribution in [2.24, 2.45) is 13.0 Å². The second-order valence-corrected chi connectivity index (χ2v) is 8.03. The third-order valence-electron chi connectivity index (χ3n) is 6.32. The van der Waals surface area contributed by atoms with Gasteiger partial charge in [-0.25, -0.2) is 4.39 Å². The predicted molar refractivity (Wildman–Crippen MR) is 109 cm³/mol. The maximum atomic E-state index is 13.3. The standard InChI is InChI=1S/C21H27FN4O.ClH/c1-26-13-15(10-25-26)18-11-23-12-19(18)20(27)24-14-21(8-2-3-9-21)16-4-6-17(22)7-5-16;/h4-7,10,13,18-19,23H,2-3,8-9,11-12,14H2,1H3,(H,24,27);1H/t18-,19+;/m1./s1. The van der Waals surface area contributed by atoms with Crippen molar-refractivity contribution < 1.29 is 9.18 Å². The highest BCUT2D eigenvalue weighted by Gasteiger charge is 2.39. The lowest BCUT2D eigenvalue weighted by Crippen LogP contribution is -2.42. The van der Waals surface area contributed by atoms with E-state index < -0.39 is 0 Å². The van der Waals surface area contributed by atoms with Crippen LogP contribution in [-0.4, -0.2) is 35.3 Å². The lowest BCUT2D eigenvalue weighted by atomic mass is 9.78. The van der Waals surface area contributed by atoms with E-state index in [4.69, 9.17) is 0 Å². The fraction of sp³-hybridized carbons (Fsp3) is 0.524. The Kier molecular flexibility index (Phi) is 6.40. The van der Waals surface area contributed by atoms with E-state index in [0.29, 0.717) is 13.1 Å². The Bertz CT molecular complexity index is 801. The average Bonchev–Trinajstić information content (AvgIpc) is 3.41. The summed E-state index contributed by atoms with van der Waals surface area (Å²) in [5, 5.41) is 10.8. The zero-order chi connectivity index (χ0) is 18.9. The van der Waals surface area contributed by atoms with Gasteiger partial charge in [-0.1, -0.05) is 25.0 Å². The monoisotopic (exact) mass is 406 g/mol. The molecule has 5 nitrogen and oxygen atoms in total. The Morgan fingerprint density at radius 3 is 2.64 bits per heavy atom. The molecule has 2 aliphatic rings. The van der Waals surface area contributed by atoms with Gasteiger partial charge in [0, 0.05) is 44.2 Å². The fourth-order valence-electron chi connectivity index (χ4n) is 4.75. The van der Waals surface area contributed by atoms with Crippen LogP contribution in [0.15, 0.2) is 36.7 Å². The highest BCUT2D eigenvalue weighted by atomic mass is 35.5. The van der Waals surface area contributed by atoms with Crippen LogP contribution in [0.1, 0.15) is 42.7 Å². The van der Waals surface area contributed by atoms with Crippen LogP contribution >= 0.6 is 12.4 Å². The van der Waals surface area contributed by atoms with Gasteiger partial charge in [0.2, 0.25) is 5.91 Å². The lowest BCUT2D eigenvalue weighted by Gasteiger charge is -2.31. The first-order valence-corrected chi connectivity index (χ1v) is 9.80. The molecule has 2 N–H and O–H groups in total. The maximum absolute atomic E-state index is 13.3. The molecule has 1 aliphatic heterocycles. The number of hydrogen-bond acceptors (Lipinski definition) is 3. The minimum absolute atomic E-state index is 0. The van der Waals surface area contributed by atoms with E-state index in [0.717, 1.165) is 43.4 Å². The Morgan fingerprint density at radius 1 is 1.29 bits per heavy atom. The van der Waals surface area contributed by atoms with Crippen LogP contribution in [0.3, 0.4) is 0 Å². The number of aromatic nitrogens is 2. The van der Waals surface area contributed by atoms with Crippen LogP contribution in [-0.2, 0) is 17.3 Å². The highest BCUT2D eigenvalue weighted by Crippen LogP contribution is 2.41. The summed E-state index contributed by atoms with van der Waals surface area (Å²) in [4.78, 5) is 13.0. The van der Waals surface area contributed by atoms with Crippen LogP contribution in [0.4, 0.5) is 4.39 Å². The van der Waals surface area contributed by atoms with Crippen molar-refractivity contribution in [3.63, 3.8) is 0 Å². The van der Waals surface area contributed by atoms with E-state index >= 15 is 0 Å². The molecule has 0 bridgehead atoms. The Labute approximate surface area is 171 Å². The van der Waals surface area contributed by atoms with E-state index in [2.05, 4.69) is 15.7 Å². The molecule has 1 amide bonds. The second kappa shape index (κ2) is 8.62. The average molecular weight is 407 g/mol. The van der Waals surface area contributed by atoms with Crippen molar-refractivity contribution >= 4 is 18.3 Å². The Balaban J connectivity index is 0.00000225. The molecule has 0 spiro atoms. The minimum atomic E-state index is -0.215. The van der Waals surface area contributed by atoms with Gasteiger partial charge in [-0.05, 0) is 36.1 Å². The highest BCUT2D eigenvalue weighted by molar-refractivity contribution is 5.85. The Hall–Kier alpha value is -1.92. The zero-order valence-electron chi connectivity index (χ0n) is 16.2. The molecule has 0 radical (unpaired) electrons. The lowest BCUT2D eigenvalue weighted by molar-refractivity contribution is -0.125. The quantitative estimate of drug-likeness (QED) is 0.802. The number of carbonyl (C=O) groups is 1. The summed E-state index contributed by atoms with van der Waals surface area (Å²) in [7, 11) is 1.90. The number of rotatable bonds is 5. The van der Waals surface area contributed by atoms with E-state index in [-0.39, 0.29) is 41.4 Å². The zero-order valence-corrected chi connectivity index (χ0v) is 17.0. The van der Waals surface area contributed by atoms with Crippen molar-refractivity contribution in [2.45, 2.75) is 37.0 Å². The summed E-state index contributed by atoms with van der Waals surface area (Å²) < 4.78 is 15.1. The van der Waals surface area contributed by atoms with Gasteiger partial charge in [0.15, 0.2) is 0 Å². The van der Waals surface area contributed by atoms with Gasteiger partial charge in [0.1, 0.15) is 5.82 Å². The molecule has 7 heteroatoms. The number of nitrogens with one attached hydrogen (secondary N) is 2. The van der Waals surface area contributed by atoms with Crippen LogP contribution in [0, 0.1) is 11.7 Å². The number of aryl methyl sites for hydroxylation is 1. The fourth-order valence-corrected chi connectivity index (χ4v) is 4.75. The minimum Gasteiger partial charge on any atom is -0.355 e. The first kappa shape index (κ1) is 20.8. The van der Waals surface area contributed by atoms with Gasteiger partial charge in [0.25, 0.3) is 0 Å². The van der Waals surface area contributed by atoms with Gasteiger partial charge in [0.05, 0.1) is 12.1 Å². The van der Waals surface area contributed by atoms with Gasteiger partial charge in [-0.3, -0.25) is 9.48 Å². The molecule has 4 rings (SSSR count). The summed E-state index contributed by atoms with van der Waals surface area (Å²) in [6, 6.07) is 6.80. The first-order chi connectivity index (χ1) is 13.1. The van der Waals surface area contributed by atoms with Gasteiger partial charge in [-0.15, -0.1) is 12.4 Å². The molecule has 2 atom stereocenters. The van der Waals surface area contributed by atoms with Crippen molar-refractivity contribution in [2.75, 3.05) is 19.6 Å². The topological polar surface area (TPSA) is 59.0 Å². The molecule has 1 saturated heterocycles. The summed E-state index contributed by atoms with van der Waals surface area (Å²) in [6.07, 6.45) is 8.22. The summed E-state index contributed by atoms with van der Waals surface area (Å²) >= 11 is 0. The van der Waals surface area contributed by atoms with Crippen LogP contribution in [0.2, 0.25) is 0 Å². The molecule has 152 valence electrons. The number of nitrogens with zero attached hydrogens (tertiary/aromatic N) is 2. The molecule has 2 aromatic rings. The van der Waals surface area contributed by atoms with Gasteiger partial charge < -0.3 is 10.6 Å². The van der Waals surface area contributed by atoms with Crippen molar-refractivity contribution in [1.29, 1.82) is 0 Å². The summed E-state index contributed by atoms with van der Waals surface area (Å²) in [6.45, 7) is 2.11. The number of amides is 1. The molecule has 1 aliphatic carbocycles. The third kappa shape index (κ3) is 4.08. The molecule has 1 aromatic carbocycles. The van der Waals surface area contributed by atoms with Crippen LogP contribution < -0.4 is 10.6 Å². The first-order valence-electron chi connectivity index (χ1n) is 9.80. The molecule has 2 fully saturated rings. The number of benzene rings is 1. The summed E-state index contributed by atoms with van der Waals surface area (Å²) in [5.74, 6) is -0.0422. The second-order valence-electron chi connectivity index (χ2n) is 8.03. The molecular weight excluding hydrogens is 379 g/mol. The van der Waals surface area contributed by atoms with Crippen molar-refractivity contribution in [3.8, 4) is 0 Å². The number of halogens is 2. The van der Waals surface area contributed by atoms with Crippen molar-refractivity contribution in [1.82, 2.24) is 20.4 Å². The molecule has 0 unspecified atom stereocenters. The van der Waals surface area contributed by atoms with E-state index in [1.54, 1.807) is 4.68 Å². The molecule has 28 heavy (non-hydrogen) atoms. The van der Waals surface area contributed by atoms with E-state index in [1.165, 1.54) is 12.1 Å². The molecule has 2 heterocycles. The molecular formula is C21H28ClFN4O. The normalized spacial score (nSPS) is 23.4. The van der Waals surface area contributed by atoms with Gasteiger partial charge >= 0.3 is 0 Å². The van der Waals surface area contributed by atoms with Crippen molar-refractivity contribution in [3.05, 3.63) is 53.6 Å². The largest absolute Gasteiger partial charge is 0.355 e. The van der Waals surface area contributed by atoms with Crippen LogP contribution in [0.5, 0.6) is 0 Å². The van der Waals surface area contributed by atoms with E-state index in [1.807, 2.05) is 31.6 Å². The van der Waals surface area contributed by atoms with Crippen LogP contribution in [0.25, 0.3) is 0 Å². The smallest absolute Gasteiger partial charge is 0.225 e. The van der Waals surface area contributed by atoms with Gasteiger partial charge in [-0.2, -0.15) is 5.10 Å². The van der Waals surface area contributed by atoms with E-state index in [9.17, 15) is 9.18 Å². The maximum Gasteiger partial charge on any atom is 0.225 e. The SMILES string of the molecule is Cl.Cn1cc([C@H]2CNC[C@@H]2C(=O)NCC2(c3ccc(F)cc3)CCCC2)cn1. The molecule has 1 saturated carbocycles. The number of hydrogen-bond donors (Lipinski definition) is 2. The Morgan fingerprint density at radius 2 is 2.00 bits per heavy atom. The summed E-state index contributed by atoms with van der Waals surface area (Å²) in [5.41, 5.74) is 2.17. The third-order valence-corrected chi connectivity index (χ3v) is 6.32. The number of carbonyl (C=O) groups excluding carboxylic acids is 1. The predicted octanol–water partition coefficient (Wildman–Crippen LogP) is 2.91. The molecule has 1 aromatic heterocycles.